The smallest absolute Gasteiger partial charge is 0.143 e. The maximum absolute atomic E-state index is 12.2. The molecule has 0 saturated heterocycles. The first-order chi connectivity index (χ1) is 8.95. The van der Waals surface area contributed by atoms with Gasteiger partial charge in [0.25, 0.3) is 0 Å². The highest BCUT2D eigenvalue weighted by atomic mass is 16.1. The third kappa shape index (κ3) is 3.31. The van der Waals surface area contributed by atoms with E-state index in [9.17, 15) is 4.79 Å². The molecule has 0 bridgehead atoms. The number of hydrogen-bond acceptors (Lipinski definition) is 2. The molecule has 0 radical (unpaired) electrons. The molecule has 1 aromatic heterocycles. The first kappa shape index (κ1) is 13.5. The molecule has 3 heteroatoms. The molecule has 0 atom stereocenters. The minimum Gasteiger partial charge on any atom is -0.299 e. The van der Waals surface area contributed by atoms with Gasteiger partial charge in [0.15, 0.2) is 0 Å². The molecule has 0 aliphatic carbocycles. The molecule has 3 nitrogen and oxygen atoms in total. The molecule has 2 aromatic rings. The summed E-state index contributed by atoms with van der Waals surface area (Å²) >= 11 is 0. The molecule has 1 aromatic carbocycles. The highest BCUT2D eigenvalue weighted by Gasteiger charge is 2.10. The number of aryl methyl sites for hydroxylation is 4. The normalized spacial score (nSPS) is 10.7. The second-order valence-electron chi connectivity index (χ2n) is 5.22. The second kappa shape index (κ2) is 5.39. The largest absolute Gasteiger partial charge is 0.299 e. The summed E-state index contributed by atoms with van der Waals surface area (Å²) in [6.07, 6.45) is 0.947. The van der Waals surface area contributed by atoms with Crippen molar-refractivity contribution in [2.24, 2.45) is 7.05 Å². The first-order valence-corrected chi connectivity index (χ1v) is 6.53. The molecule has 0 spiro atoms. The highest BCUT2D eigenvalue weighted by molar-refractivity contribution is 5.83. The van der Waals surface area contributed by atoms with Gasteiger partial charge in [0, 0.05) is 25.6 Å². The lowest BCUT2D eigenvalue weighted by atomic mass is 9.99. The molecule has 0 fully saturated rings. The molecule has 0 N–H and O–H groups in total. The van der Waals surface area contributed by atoms with Crippen LogP contribution < -0.4 is 0 Å². The molecule has 0 unspecified atom stereocenters. The monoisotopic (exact) mass is 256 g/mol. The fraction of sp³-hybridized carbons (Fsp3) is 0.375. The van der Waals surface area contributed by atoms with Crippen molar-refractivity contribution in [3.05, 3.63) is 52.3 Å². The molecule has 0 saturated carbocycles. The predicted molar refractivity (Wildman–Crippen MR) is 76.3 cm³/mol. The van der Waals surface area contributed by atoms with E-state index in [2.05, 4.69) is 37.1 Å². The number of hydrogen-bond donors (Lipinski definition) is 0. The maximum Gasteiger partial charge on any atom is 0.143 e. The number of Topliss-reactive ketones (excluding diaryl/α,β-unsaturated/α-hetero) is 1. The van der Waals surface area contributed by atoms with Gasteiger partial charge in [-0.1, -0.05) is 23.8 Å². The molecule has 0 amide bonds. The summed E-state index contributed by atoms with van der Waals surface area (Å²) in [5.74, 6) is 0.233. The second-order valence-corrected chi connectivity index (χ2v) is 5.22. The number of carbonyl (C=O) groups is 1. The van der Waals surface area contributed by atoms with Crippen molar-refractivity contribution in [1.82, 2.24) is 9.78 Å². The Morgan fingerprint density at radius 2 is 1.89 bits per heavy atom. The lowest BCUT2D eigenvalue weighted by Gasteiger charge is -2.07. The van der Waals surface area contributed by atoms with E-state index in [-0.39, 0.29) is 5.78 Å². The Morgan fingerprint density at radius 3 is 2.53 bits per heavy atom. The topological polar surface area (TPSA) is 34.9 Å². The molecule has 1 heterocycles. The summed E-state index contributed by atoms with van der Waals surface area (Å²) in [7, 11) is 1.88. The van der Waals surface area contributed by atoms with Crippen LogP contribution in [-0.4, -0.2) is 15.6 Å². The maximum atomic E-state index is 12.2. The van der Waals surface area contributed by atoms with Gasteiger partial charge in [-0.25, -0.2) is 0 Å². The standard InChI is InChI=1S/C16H20N2O/c1-11-5-6-12(2)14(7-11)9-16(19)10-15-8-13(3)17-18(15)4/h5-8H,9-10H2,1-4H3. The van der Waals surface area contributed by atoms with Crippen LogP contribution in [0.3, 0.4) is 0 Å². The van der Waals surface area contributed by atoms with Crippen LogP contribution in [0.15, 0.2) is 24.3 Å². The number of aromatic nitrogens is 2. The van der Waals surface area contributed by atoms with E-state index in [0.717, 1.165) is 17.0 Å². The van der Waals surface area contributed by atoms with E-state index < -0.39 is 0 Å². The van der Waals surface area contributed by atoms with E-state index in [1.165, 1.54) is 11.1 Å². The van der Waals surface area contributed by atoms with Crippen molar-refractivity contribution in [1.29, 1.82) is 0 Å². The fourth-order valence-electron chi connectivity index (χ4n) is 2.30. The molecule has 2 rings (SSSR count). The molecular weight excluding hydrogens is 236 g/mol. The molecule has 0 aliphatic rings. The van der Waals surface area contributed by atoms with E-state index in [1.54, 1.807) is 4.68 Å². The summed E-state index contributed by atoms with van der Waals surface area (Å²) in [4.78, 5) is 12.2. The molecule has 100 valence electrons. The number of carbonyl (C=O) groups excluding carboxylic acids is 1. The van der Waals surface area contributed by atoms with Gasteiger partial charge in [0.2, 0.25) is 0 Å². The lowest BCUT2D eigenvalue weighted by molar-refractivity contribution is -0.117. The Labute approximate surface area is 114 Å². The zero-order valence-corrected chi connectivity index (χ0v) is 12.0. The average molecular weight is 256 g/mol. The third-order valence-corrected chi connectivity index (χ3v) is 3.37. The Kier molecular flexibility index (Phi) is 3.84. The van der Waals surface area contributed by atoms with Crippen molar-refractivity contribution in [2.45, 2.75) is 33.6 Å². The Balaban J connectivity index is 2.09. The van der Waals surface area contributed by atoms with E-state index in [1.807, 2.05) is 20.0 Å². The van der Waals surface area contributed by atoms with Crippen LogP contribution in [0.5, 0.6) is 0 Å². The Hall–Kier alpha value is -1.90. The van der Waals surface area contributed by atoms with E-state index in [0.29, 0.717) is 12.8 Å². The van der Waals surface area contributed by atoms with Crippen molar-refractivity contribution in [2.75, 3.05) is 0 Å². The van der Waals surface area contributed by atoms with Gasteiger partial charge in [-0.2, -0.15) is 5.10 Å². The van der Waals surface area contributed by atoms with Crippen LogP contribution >= 0.6 is 0 Å². The minimum absolute atomic E-state index is 0.233. The van der Waals surface area contributed by atoms with Crippen LogP contribution in [0, 0.1) is 20.8 Å². The number of nitrogens with zero attached hydrogens (tertiary/aromatic N) is 2. The average Bonchev–Trinajstić information content (AvgIpc) is 2.62. The number of ketones is 1. The van der Waals surface area contributed by atoms with Gasteiger partial charge >= 0.3 is 0 Å². The highest BCUT2D eigenvalue weighted by Crippen LogP contribution is 2.13. The molecular formula is C16H20N2O. The molecule has 19 heavy (non-hydrogen) atoms. The summed E-state index contributed by atoms with van der Waals surface area (Å²) in [6.45, 7) is 6.05. The van der Waals surface area contributed by atoms with Crippen LogP contribution in [0.4, 0.5) is 0 Å². The fourth-order valence-corrected chi connectivity index (χ4v) is 2.30. The van der Waals surface area contributed by atoms with Crippen molar-refractivity contribution >= 4 is 5.78 Å². The van der Waals surface area contributed by atoms with E-state index >= 15 is 0 Å². The van der Waals surface area contributed by atoms with Crippen LogP contribution in [-0.2, 0) is 24.7 Å². The van der Waals surface area contributed by atoms with Crippen LogP contribution in [0.1, 0.15) is 28.1 Å². The summed E-state index contributed by atoms with van der Waals surface area (Å²) in [6, 6.07) is 8.22. The zero-order chi connectivity index (χ0) is 14.0. The van der Waals surface area contributed by atoms with Crippen molar-refractivity contribution < 1.29 is 4.79 Å². The SMILES string of the molecule is Cc1ccc(C)c(CC(=O)Cc2cc(C)nn2C)c1. The third-order valence-electron chi connectivity index (χ3n) is 3.37. The summed E-state index contributed by atoms with van der Waals surface area (Å²) in [5.41, 5.74) is 5.44. The van der Waals surface area contributed by atoms with Gasteiger partial charge < -0.3 is 0 Å². The van der Waals surface area contributed by atoms with Crippen LogP contribution in [0.25, 0.3) is 0 Å². The minimum atomic E-state index is 0.233. The van der Waals surface area contributed by atoms with Crippen molar-refractivity contribution in [3.8, 4) is 0 Å². The predicted octanol–water partition coefficient (Wildman–Crippen LogP) is 2.70. The molecule has 0 aliphatic heterocycles. The Morgan fingerprint density at radius 1 is 1.16 bits per heavy atom. The number of benzene rings is 1. The van der Waals surface area contributed by atoms with Gasteiger partial charge in [0.1, 0.15) is 5.78 Å². The van der Waals surface area contributed by atoms with Gasteiger partial charge in [-0.3, -0.25) is 9.48 Å². The quantitative estimate of drug-likeness (QED) is 0.843. The van der Waals surface area contributed by atoms with Crippen LogP contribution in [0.2, 0.25) is 0 Å². The van der Waals surface area contributed by atoms with Gasteiger partial charge in [0.05, 0.1) is 5.69 Å². The van der Waals surface area contributed by atoms with Gasteiger partial charge in [-0.15, -0.1) is 0 Å². The number of rotatable bonds is 4. The Bertz CT molecular complexity index is 611. The summed E-state index contributed by atoms with van der Waals surface area (Å²) in [5, 5.41) is 4.27. The van der Waals surface area contributed by atoms with Crippen molar-refractivity contribution in [3.63, 3.8) is 0 Å². The first-order valence-electron chi connectivity index (χ1n) is 6.53. The lowest BCUT2D eigenvalue weighted by Crippen LogP contribution is -2.10. The van der Waals surface area contributed by atoms with E-state index in [4.69, 9.17) is 0 Å². The zero-order valence-electron chi connectivity index (χ0n) is 12.0. The van der Waals surface area contributed by atoms with Gasteiger partial charge in [-0.05, 0) is 38.0 Å². The summed E-state index contributed by atoms with van der Waals surface area (Å²) < 4.78 is 1.79.